The highest BCUT2D eigenvalue weighted by atomic mass is 32.2. The second-order valence-electron chi connectivity index (χ2n) is 6.49. The minimum atomic E-state index is -0.557. The van der Waals surface area contributed by atoms with E-state index in [1.54, 1.807) is 12.1 Å². The zero-order valence-electron chi connectivity index (χ0n) is 14.1. The monoisotopic (exact) mass is 337 g/mol. The Labute approximate surface area is 141 Å². The number of pyridine rings is 1. The van der Waals surface area contributed by atoms with Crippen molar-refractivity contribution in [2.24, 2.45) is 0 Å². The Morgan fingerprint density at radius 1 is 1.30 bits per heavy atom. The van der Waals surface area contributed by atoms with E-state index in [-0.39, 0.29) is 5.12 Å². The molecule has 0 aliphatic carbocycles. The van der Waals surface area contributed by atoms with Gasteiger partial charge in [0.05, 0.1) is 23.1 Å². The van der Waals surface area contributed by atoms with Gasteiger partial charge in [0.15, 0.2) is 5.12 Å². The third-order valence-corrected chi connectivity index (χ3v) is 4.97. The van der Waals surface area contributed by atoms with Gasteiger partial charge >= 0.3 is 7.12 Å². The van der Waals surface area contributed by atoms with Crippen molar-refractivity contribution in [3.63, 3.8) is 0 Å². The van der Waals surface area contributed by atoms with Crippen LogP contribution in [0.1, 0.15) is 40.3 Å². The van der Waals surface area contributed by atoms with Gasteiger partial charge in [0.1, 0.15) is 5.82 Å². The number of halogens is 1. The fourth-order valence-electron chi connectivity index (χ4n) is 2.02. The van der Waals surface area contributed by atoms with Gasteiger partial charge in [-0.2, -0.15) is 0 Å². The molecule has 1 saturated heterocycles. The van der Waals surface area contributed by atoms with E-state index in [1.165, 1.54) is 24.8 Å². The van der Waals surface area contributed by atoms with E-state index in [0.29, 0.717) is 11.4 Å². The lowest BCUT2D eigenvalue weighted by atomic mass is 9.78. The topological polar surface area (TPSA) is 48.4 Å². The molecule has 23 heavy (non-hydrogen) atoms. The molecule has 7 heteroatoms. The van der Waals surface area contributed by atoms with E-state index in [4.69, 9.17) is 9.31 Å². The second-order valence-corrected chi connectivity index (χ2v) is 7.64. The normalized spacial score (nSPS) is 19.9. The maximum Gasteiger partial charge on any atom is 0.491 e. The molecule has 0 saturated carbocycles. The number of carbonyl (C=O) groups excluding carboxylic acids is 1. The van der Waals surface area contributed by atoms with E-state index in [0.717, 1.165) is 11.7 Å². The van der Waals surface area contributed by atoms with Gasteiger partial charge in [0.2, 0.25) is 0 Å². The quantitative estimate of drug-likeness (QED) is 0.787. The van der Waals surface area contributed by atoms with Gasteiger partial charge in [-0.15, -0.1) is 0 Å². The fraction of sp³-hybridized carbons (Fsp3) is 0.500. The Balaban J connectivity index is 2.28. The molecule has 124 valence electrons. The molecule has 1 aromatic heterocycles. The molecule has 0 atom stereocenters. The molecule has 4 nitrogen and oxygen atoms in total. The molecule has 1 fully saturated rings. The molecule has 1 aromatic rings. The van der Waals surface area contributed by atoms with Crippen LogP contribution in [-0.2, 0) is 14.1 Å². The summed E-state index contributed by atoms with van der Waals surface area (Å²) in [5.74, 6) is 0.0445. The van der Waals surface area contributed by atoms with E-state index < -0.39 is 24.1 Å². The number of thioether (sulfide) groups is 1. The van der Waals surface area contributed by atoms with Crippen molar-refractivity contribution < 1.29 is 18.5 Å². The molecular weight excluding hydrogens is 316 g/mol. The Morgan fingerprint density at radius 2 is 1.91 bits per heavy atom. The SMILES string of the molecule is CC(=O)SCC(=Cc1ccc(F)cn1)B1OC(C)(C)C(C)(C)O1. The Kier molecular flexibility index (Phi) is 5.33. The Morgan fingerprint density at radius 3 is 2.39 bits per heavy atom. The average Bonchev–Trinajstić information content (AvgIpc) is 2.65. The number of aromatic nitrogens is 1. The van der Waals surface area contributed by atoms with Gasteiger partial charge in [-0.25, -0.2) is 4.39 Å². The zero-order valence-corrected chi connectivity index (χ0v) is 14.9. The molecule has 2 rings (SSSR count). The molecule has 0 bridgehead atoms. The summed E-state index contributed by atoms with van der Waals surface area (Å²) >= 11 is 1.18. The third kappa shape index (κ3) is 4.43. The lowest BCUT2D eigenvalue weighted by molar-refractivity contribution is -0.109. The molecule has 0 N–H and O–H groups in total. The van der Waals surface area contributed by atoms with Crippen LogP contribution in [0.4, 0.5) is 4.39 Å². The Bertz CT molecular complexity index is 600. The van der Waals surface area contributed by atoms with Gasteiger partial charge in [-0.3, -0.25) is 9.78 Å². The average molecular weight is 337 g/mol. The van der Waals surface area contributed by atoms with Crippen molar-refractivity contribution in [3.8, 4) is 0 Å². The first-order valence-corrected chi connectivity index (χ1v) is 8.40. The van der Waals surface area contributed by atoms with E-state index in [2.05, 4.69) is 4.98 Å². The first-order chi connectivity index (χ1) is 10.6. The minimum absolute atomic E-state index is 0.0134. The lowest BCUT2D eigenvalue weighted by Gasteiger charge is -2.32. The minimum Gasteiger partial charge on any atom is -0.400 e. The van der Waals surface area contributed by atoms with E-state index in [1.807, 2.05) is 27.7 Å². The molecule has 1 aliphatic heterocycles. The number of rotatable bonds is 4. The first kappa shape index (κ1) is 18.2. The first-order valence-electron chi connectivity index (χ1n) is 7.42. The van der Waals surface area contributed by atoms with Crippen LogP contribution < -0.4 is 0 Å². The number of carbonyl (C=O) groups is 1. The lowest BCUT2D eigenvalue weighted by Crippen LogP contribution is -2.41. The predicted molar refractivity (Wildman–Crippen MR) is 91.4 cm³/mol. The summed E-state index contributed by atoms with van der Waals surface area (Å²) in [6.45, 7) is 9.40. The fourth-order valence-corrected chi connectivity index (χ4v) is 2.61. The summed E-state index contributed by atoms with van der Waals surface area (Å²) < 4.78 is 25.1. The van der Waals surface area contributed by atoms with Crippen molar-refractivity contribution in [1.82, 2.24) is 4.98 Å². The maximum atomic E-state index is 13.0. The van der Waals surface area contributed by atoms with Gasteiger partial charge in [-0.05, 0) is 51.4 Å². The van der Waals surface area contributed by atoms with Gasteiger partial charge in [0, 0.05) is 12.7 Å². The third-order valence-electron chi connectivity index (χ3n) is 4.08. The van der Waals surface area contributed by atoms with Gasteiger partial charge in [0.25, 0.3) is 0 Å². The standard InChI is InChI=1S/C16H21BFNO3S/c1-11(20)23-10-12(8-14-7-6-13(18)9-19-14)17-21-15(2,3)16(4,5)22-17/h6-9H,10H2,1-5H3. The van der Waals surface area contributed by atoms with Crippen molar-refractivity contribution in [3.05, 3.63) is 35.3 Å². The van der Waals surface area contributed by atoms with Crippen LogP contribution in [0.3, 0.4) is 0 Å². The summed E-state index contributed by atoms with van der Waals surface area (Å²) in [4.78, 5) is 15.3. The molecule has 2 heterocycles. The molecule has 0 amide bonds. The summed E-state index contributed by atoms with van der Waals surface area (Å²) in [6, 6.07) is 2.93. The van der Waals surface area contributed by atoms with Crippen LogP contribution in [0, 0.1) is 5.82 Å². The molecule has 0 aromatic carbocycles. The van der Waals surface area contributed by atoms with Crippen LogP contribution in [0.2, 0.25) is 0 Å². The zero-order chi connectivity index (χ0) is 17.3. The predicted octanol–water partition coefficient (Wildman–Crippen LogP) is 3.52. The van der Waals surface area contributed by atoms with Crippen molar-refractivity contribution in [1.29, 1.82) is 0 Å². The van der Waals surface area contributed by atoms with Crippen LogP contribution in [0.5, 0.6) is 0 Å². The summed E-state index contributed by atoms with van der Waals surface area (Å²) in [5.41, 5.74) is 0.463. The number of nitrogens with zero attached hydrogens (tertiary/aromatic N) is 1. The number of hydrogen-bond acceptors (Lipinski definition) is 5. The van der Waals surface area contributed by atoms with Crippen molar-refractivity contribution >= 4 is 30.1 Å². The molecular formula is C16H21BFNO3S. The highest BCUT2D eigenvalue weighted by Gasteiger charge is 2.52. The molecule has 0 unspecified atom stereocenters. The second kappa shape index (κ2) is 6.75. The van der Waals surface area contributed by atoms with Crippen LogP contribution in [-0.4, -0.2) is 34.2 Å². The summed E-state index contributed by atoms with van der Waals surface area (Å²) in [6.07, 6.45) is 2.95. The highest BCUT2D eigenvalue weighted by molar-refractivity contribution is 8.13. The van der Waals surface area contributed by atoms with Crippen molar-refractivity contribution in [2.45, 2.75) is 45.8 Å². The Hall–Kier alpha value is -1.18. The van der Waals surface area contributed by atoms with E-state index >= 15 is 0 Å². The molecule has 0 radical (unpaired) electrons. The number of hydrogen-bond donors (Lipinski definition) is 0. The summed E-state index contributed by atoms with van der Waals surface area (Å²) in [5, 5.41) is 0.0134. The molecule has 1 aliphatic rings. The summed E-state index contributed by atoms with van der Waals surface area (Å²) in [7, 11) is -0.557. The van der Waals surface area contributed by atoms with Gasteiger partial charge in [-0.1, -0.05) is 11.8 Å². The smallest absolute Gasteiger partial charge is 0.400 e. The van der Waals surface area contributed by atoms with Crippen LogP contribution >= 0.6 is 11.8 Å². The van der Waals surface area contributed by atoms with Gasteiger partial charge < -0.3 is 9.31 Å². The van der Waals surface area contributed by atoms with Crippen LogP contribution in [0.25, 0.3) is 6.08 Å². The van der Waals surface area contributed by atoms with E-state index in [9.17, 15) is 9.18 Å². The largest absolute Gasteiger partial charge is 0.491 e. The van der Waals surface area contributed by atoms with Crippen LogP contribution in [0.15, 0.2) is 23.8 Å². The van der Waals surface area contributed by atoms with Crippen molar-refractivity contribution in [2.75, 3.05) is 5.75 Å². The maximum absolute atomic E-state index is 13.0. The molecule has 0 spiro atoms. The highest BCUT2D eigenvalue weighted by Crippen LogP contribution is 2.39.